The number of aromatic hydroxyl groups is 1. The smallest absolute Gasteiger partial charge is 0.262 e. The van der Waals surface area contributed by atoms with Crippen molar-refractivity contribution >= 4 is 46.7 Å². The molecule has 0 spiro atoms. The first kappa shape index (κ1) is 41.5. The van der Waals surface area contributed by atoms with E-state index in [0.29, 0.717) is 61.0 Å². The quantitative estimate of drug-likeness (QED) is 0.191. The maximum Gasteiger partial charge on any atom is 0.262 e. The Labute approximate surface area is 365 Å². The molecule has 0 aliphatic carbocycles. The lowest BCUT2D eigenvalue weighted by Gasteiger charge is -2.37. The highest BCUT2D eigenvalue weighted by molar-refractivity contribution is 6.23. The molecule has 4 aromatic rings. The molecule has 0 bridgehead atoms. The second kappa shape index (κ2) is 17.2. The van der Waals surface area contributed by atoms with Crippen molar-refractivity contribution in [3.8, 4) is 22.8 Å². The van der Waals surface area contributed by atoms with Gasteiger partial charge in [0.15, 0.2) is 5.82 Å². The number of hydrogen-bond donors (Lipinski definition) is 3. The fourth-order valence-corrected chi connectivity index (χ4v) is 9.59. The molecule has 2 unspecified atom stereocenters. The van der Waals surface area contributed by atoms with Gasteiger partial charge >= 0.3 is 0 Å². The Kier molecular flexibility index (Phi) is 11.3. The number of hydrogen-bond acceptors (Lipinski definition) is 13. The zero-order valence-corrected chi connectivity index (χ0v) is 35.2. The van der Waals surface area contributed by atoms with Crippen LogP contribution in [0.15, 0.2) is 85.1 Å². The van der Waals surface area contributed by atoms with Crippen LogP contribution in [-0.2, 0) is 20.9 Å². The minimum atomic E-state index is -1.02. The van der Waals surface area contributed by atoms with Crippen LogP contribution in [0.3, 0.4) is 0 Å². The van der Waals surface area contributed by atoms with Gasteiger partial charge in [-0.25, -0.2) is 0 Å². The average molecular weight is 854 g/mol. The minimum Gasteiger partial charge on any atom is -0.507 e. The van der Waals surface area contributed by atoms with Gasteiger partial charge < -0.3 is 30.3 Å². The number of phenolic OH excluding ortho intramolecular Hbond substituents is 1. The van der Waals surface area contributed by atoms with E-state index < -0.39 is 29.7 Å². The van der Waals surface area contributed by atoms with Gasteiger partial charge in [-0.2, -0.15) is 0 Å². The lowest BCUT2D eigenvalue weighted by Crippen LogP contribution is -2.54. The summed E-state index contributed by atoms with van der Waals surface area (Å²) in [5, 5.41) is 21.1. The first-order chi connectivity index (χ1) is 30.4. The number of anilines is 3. The molecule has 16 nitrogen and oxygen atoms in total. The van der Waals surface area contributed by atoms with E-state index in [1.165, 1.54) is 5.56 Å². The van der Waals surface area contributed by atoms with Crippen LogP contribution in [0.5, 0.6) is 11.5 Å². The zero-order chi connectivity index (χ0) is 43.9. The number of likely N-dealkylation sites (tertiary alicyclic amines) is 2. The van der Waals surface area contributed by atoms with Gasteiger partial charge in [-0.1, -0.05) is 30.8 Å². The number of nitrogens with two attached hydrogens (primary N) is 1. The third-order valence-corrected chi connectivity index (χ3v) is 13.2. The highest BCUT2D eigenvalue weighted by Crippen LogP contribution is 2.38. The van der Waals surface area contributed by atoms with E-state index in [0.717, 1.165) is 55.2 Å². The fraction of sp³-hybridized carbons (Fsp3) is 0.383. The molecule has 1 aromatic heterocycles. The summed E-state index contributed by atoms with van der Waals surface area (Å²) in [7, 11) is 2.10. The van der Waals surface area contributed by atoms with E-state index in [9.17, 15) is 29.1 Å². The predicted octanol–water partition coefficient (Wildman–Crippen LogP) is 4.34. The normalized spacial score (nSPS) is 21.2. The van der Waals surface area contributed by atoms with E-state index in [4.69, 9.17) is 10.5 Å². The van der Waals surface area contributed by atoms with Crippen LogP contribution in [0.1, 0.15) is 71.2 Å². The molecule has 9 rings (SSSR count). The second-order valence-corrected chi connectivity index (χ2v) is 17.2. The molecule has 0 saturated carbocycles. The molecule has 5 aliphatic rings. The number of carbonyl (C=O) groups excluding carboxylic acids is 5. The summed E-state index contributed by atoms with van der Waals surface area (Å²) in [6.45, 7) is 8.64. The number of nitrogen functional groups attached to an aromatic ring is 1. The molecule has 326 valence electrons. The van der Waals surface area contributed by atoms with E-state index in [1.807, 2.05) is 17.0 Å². The number of imide groups is 2. The Bertz CT molecular complexity index is 2500. The highest BCUT2D eigenvalue weighted by atomic mass is 16.5. The maximum atomic E-state index is 13.7. The Morgan fingerprint density at radius 1 is 0.889 bits per heavy atom. The minimum absolute atomic E-state index is 0.0266. The van der Waals surface area contributed by atoms with E-state index in [1.54, 1.807) is 36.4 Å². The van der Waals surface area contributed by atoms with Gasteiger partial charge in [0.1, 0.15) is 23.6 Å². The monoisotopic (exact) mass is 853 g/mol. The van der Waals surface area contributed by atoms with Crippen molar-refractivity contribution in [3.63, 3.8) is 0 Å². The lowest BCUT2D eigenvalue weighted by molar-refractivity contribution is -0.139. The predicted molar refractivity (Wildman–Crippen MR) is 235 cm³/mol. The summed E-state index contributed by atoms with van der Waals surface area (Å²) < 4.78 is 6.25. The summed E-state index contributed by atoms with van der Waals surface area (Å²) in [5.41, 5.74) is 11.8. The van der Waals surface area contributed by atoms with Gasteiger partial charge in [0, 0.05) is 81.8 Å². The van der Waals surface area contributed by atoms with Crippen molar-refractivity contribution in [2.24, 2.45) is 5.92 Å². The Hall–Kier alpha value is -6.81. The van der Waals surface area contributed by atoms with Crippen LogP contribution < -0.4 is 25.6 Å². The molecule has 5 amide bonds. The molecule has 4 N–H and O–H groups in total. The zero-order valence-electron chi connectivity index (χ0n) is 35.2. The number of ether oxygens (including phenoxy) is 1. The number of rotatable bonds is 10. The molecule has 2 atom stereocenters. The van der Waals surface area contributed by atoms with Gasteiger partial charge in [-0.05, 0) is 86.4 Å². The molecular formula is C47H51N9O7. The van der Waals surface area contributed by atoms with Gasteiger partial charge in [0.2, 0.25) is 17.7 Å². The number of phenols is 1. The third-order valence-electron chi connectivity index (χ3n) is 13.2. The number of amides is 5. The van der Waals surface area contributed by atoms with Crippen molar-refractivity contribution in [2.45, 2.75) is 69.7 Å². The van der Waals surface area contributed by atoms with Crippen molar-refractivity contribution in [1.29, 1.82) is 0 Å². The second-order valence-electron chi connectivity index (χ2n) is 17.2. The SMILES string of the molecule is C=C1CC(N(C)c2cccc(CN3CCC(C(=O)N4CCC(Oc5ccc6c(c5)C(=O)N(C5CCC(=O)NC5=O)C6=O)CC4)CC3)c2)CN1c1cc(-c2ccccc2O)nnc1N. The van der Waals surface area contributed by atoms with Crippen molar-refractivity contribution in [3.05, 3.63) is 102 Å². The van der Waals surface area contributed by atoms with Gasteiger partial charge in [0.05, 0.1) is 28.6 Å². The fourth-order valence-electron chi connectivity index (χ4n) is 9.59. The number of aromatic nitrogens is 2. The van der Waals surface area contributed by atoms with Crippen LogP contribution >= 0.6 is 0 Å². The number of piperidine rings is 3. The number of fused-ring (bicyclic) bond motifs is 1. The van der Waals surface area contributed by atoms with Gasteiger partial charge in [0.25, 0.3) is 11.8 Å². The van der Waals surface area contributed by atoms with Crippen molar-refractivity contribution in [2.75, 3.05) is 55.3 Å². The molecule has 6 heterocycles. The highest BCUT2D eigenvalue weighted by Gasteiger charge is 2.45. The number of nitrogens with zero attached hydrogens (tertiary/aromatic N) is 7. The Balaban J connectivity index is 0.740. The summed E-state index contributed by atoms with van der Waals surface area (Å²) in [4.78, 5) is 73.8. The average Bonchev–Trinajstić information content (AvgIpc) is 3.79. The number of benzene rings is 3. The number of likely N-dealkylation sites (N-methyl/N-ethyl adjacent to an activating group) is 1. The largest absolute Gasteiger partial charge is 0.507 e. The van der Waals surface area contributed by atoms with Gasteiger partial charge in [-0.15, -0.1) is 10.2 Å². The van der Waals surface area contributed by atoms with Crippen molar-refractivity contribution < 1.29 is 33.8 Å². The van der Waals surface area contributed by atoms with Crippen molar-refractivity contribution in [1.82, 2.24) is 30.2 Å². The summed E-state index contributed by atoms with van der Waals surface area (Å²) in [5.74, 6) is -1.15. The third kappa shape index (κ3) is 8.30. The first-order valence-electron chi connectivity index (χ1n) is 21.6. The van der Waals surface area contributed by atoms with Crippen LogP contribution in [0.2, 0.25) is 0 Å². The van der Waals surface area contributed by atoms with E-state index >= 15 is 0 Å². The Morgan fingerprint density at radius 2 is 1.65 bits per heavy atom. The summed E-state index contributed by atoms with van der Waals surface area (Å²) >= 11 is 0. The molecule has 63 heavy (non-hydrogen) atoms. The lowest BCUT2D eigenvalue weighted by atomic mass is 9.93. The van der Waals surface area contributed by atoms with Gasteiger partial charge in [-0.3, -0.25) is 39.1 Å². The first-order valence-corrected chi connectivity index (χ1v) is 21.6. The molecule has 16 heteroatoms. The summed E-state index contributed by atoms with van der Waals surface area (Å²) in [6.07, 6.45) is 3.62. The molecule has 4 saturated heterocycles. The number of carbonyl (C=O) groups is 5. The van der Waals surface area contributed by atoms with E-state index in [-0.39, 0.29) is 53.7 Å². The molecule has 3 aromatic carbocycles. The van der Waals surface area contributed by atoms with Crippen LogP contribution in [0.4, 0.5) is 17.2 Å². The number of para-hydroxylation sites is 1. The van der Waals surface area contributed by atoms with Crippen LogP contribution in [-0.4, -0.2) is 117 Å². The molecule has 4 fully saturated rings. The molecule has 5 aliphatic heterocycles. The molecular weight excluding hydrogens is 803 g/mol. The maximum absolute atomic E-state index is 13.7. The van der Waals surface area contributed by atoms with Crippen LogP contribution in [0, 0.1) is 5.92 Å². The molecule has 0 radical (unpaired) electrons. The Morgan fingerprint density at radius 3 is 2.41 bits per heavy atom. The number of nitrogens with one attached hydrogen (secondary N) is 1. The topological polar surface area (TPSA) is 195 Å². The summed E-state index contributed by atoms with van der Waals surface area (Å²) in [6, 6.07) is 21.4. The van der Waals surface area contributed by atoms with Crippen LogP contribution in [0.25, 0.3) is 11.3 Å². The van der Waals surface area contributed by atoms with E-state index in [2.05, 4.69) is 68.1 Å². The standard InChI is InChI=1S/C47H51N9O7/c1-28-22-32(27-55(28)40-25-38(50-51-43(40)48)36-8-3-4-9-41(36)57)52(2)31-7-5-6-29(23-31)26-53-18-14-30(15-19-53)45(60)54-20-16-33(17-21-54)63-34-10-11-35-37(24-34)47(62)56(46(35)61)39-12-13-42(58)49-44(39)59/h3-11,23-25,30,32-33,39,57H,1,12-22,26-27H2,2H3,(H2,48,51)(H,49,58,59).